The Labute approximate surface area is 131 Å². The first-order valence-electron chi connectivity index (χ1n) is 6.85. The van der Waals surface area contributed by atoms with Gasteiger partial charge in [0.05, 0.1) is 5.27 Å². The number of hydrogen-bond donors (Lipinski definition) is 1. The molecule has 0 aliphatic carbocycles. The van der Waals surface area contributed by atoms with Crippen LogP contribution in [0.5, 0.6) is 17.4 Å². The fourth-order valence-corrected chi connectivity index (χ4v) is 1.91. The molecular weight excluding hydrogens is 298 g/mol. The number of ether oxygens (including phenoxy) is 1. The second-order valence-corrected chi connectivity index (χ2v) is 4.71. The first kappa shape index (κ1) is 14.6. The topological polar surface area (TPSA) is 91.3 Å². The number of amides is 1. The van der Waals surface area contributed by atoms with Crippen molar-refractivity contribution < 1.29 is 23.8 Å². The minimum Gasteiger partial charge on any atom is -0.539 e. The third-order valence-electron chi connectivity index (χ3n) is 2.91. The standard InChI is InChI=1S/C16H13N3O4/c20-15(10-19-11-16(21)23-18-19)17-12-6-8-14(9-7-12)22-13-4-2-1-3-5-13/h1-9,11H,10H2,(H-,17,18,20,21). The van der Waals surface area contributed by atoms with Crippen LogP contribution >= 0.6 is 0 Å². The van der Waals surface area contributed by atoms with Crippen molar-refractivity contribution in [3.8, 4) is 17.4 Å². The summed E-state index contributed by atoms with van der Waals surface area (Å²) in [7, 11) is 0. The molecule has 116 valence electrons. The summed E-state index contributed by atoms with van der Waals surface area (Å²) in [6, 6.07) is 16.4. The maximum atomic E-state index is 11.8. The Balaban J connectivity index is 1.57. The monoisotopic (exact) mass is 311 g/mol. The lowest BCUT2D eigenvalue weighted by Gasteiger charge is -2.07. The van der Waals surface area contributed by atoms with E-state index in [2.05, 4.69) is 15.1 Å². The smallest absolute Gasteiger partial charge is 0.292 e. The van der Waals surface area contributed by atoms with Gasteiger partial charge >= 0.3 is 0 Å². The Kier molecular flexibility index (Phi) is 4.19. The Morgan fingerprint density at radius 3 is 2.48 bits per heavy atom. The number of aromatic nitrogens is 2. The maximum Gasteiger partial charge on any atom is 0.292 e. The van der Waals surface area contributed by atoms with Crippen LogP contribution in [0.3, 0.4) is 0 Å². The molecule has 3 rings (SSSR count). The number of nitrogens with one attached hydrogen (secondary N) is 1. The minimum atomic E-state index is -0.597. The molecule has 0 atom stereocenters. The van der Waals surface area contributed by atoms with E-state index in [9.17, 15) is 9.90 Å². The van der Waals surface area contributed by atoms with Crippen molar-refractivity contribution >= 4 is 11.6 Å². The number of para-hydroxylation sites is 1. The van der Waals surface area contributed by atoms with Gasteiger partial charge in [0.2, 0.25) is 6.20 Å². The van der Waals surface area contributed by atoms with Crippen LogP contribution in [0.25, 0.3) is 0 Å². The highest BCUT2D eigenvalue weighted by Crippen LogP contribution is 2.22. The van der Waals surface area contributed by atoms with E-state index in [0.29, 0.717) is 11.4 Å². The van der Waals surface area contributed by atoms with Crippen molar-refractivity contribution in [2.75, 3.05) is 5.32 Å². The fourth-order valence-electron chi connectivity index (χ4n) is 1.91. The average molecular weight is 311 g/mol. The lowest BCUT2D eigenvalue weighted by atomic mass is 10.3. The van der Waals surface area contributed by atoms with Crippen LogP contribution in [0.2, 0.25) is 0 Å². The molecule has 0 saturated heterocycles. The summed E-state index contributed by atoms with van der Waals surface area (Å²) in [5, 5.41) is 16.9. The predicted molar refractivity (Wildman–Crippen MR) is 77.7 cm³/mol. The molecule has 3 aromatic rings. The lowest BCUT2D eigenvalue weighted by Crippen LogP contribution is -2.41. The van der Waals surface area contributed by atoms with Crippen LogP contribution in [0.1, 0.15) is 0 Å². The van der Waals surface area contributed by atoms with Crippen molar-refractivity contribution in [3.63, 3.8) is 0 Å². The third-order valence-corrected chi connectivity index (χ3v) is 2.91. The van der Waals surface area contributed by atoms with Crippen LogP contribution in [0, 0.1) is 0 Å². The van der Waals surface area contributed by atoms with E-state index in [1.165, 1.54) is 0 Å². The van der Waals surface area contributed by atoms with Crippen LogP contribution in [-0.4, -0.2) is 11.2 Å². The normalized spacial score (nSPS) is 10.3. The van der Waals surface area contributed by atoms with E-state index in [4.69, 9.17) is 4.74 Å². The maximum absolute atomic E-state index is 11.8. The van der Waals surface area contributed by atoms with E-state index in [0.717, 1.165) is 16.6 Å². The van der Waals surface area contributed by atoms with Crippen LogP contribution < -0.4 is 19.8 Å². The molecule has 0 saturated carbocycles. The van der Waals surface area contributed by atoms with Crippen molar-refractivity contribution in [2.45, 2.75) is 6.54 Å². The van der Waals surface area contributed by atoms with Crippen molar-refractivity contribution in [2.24, 2.45) is 0 Å². The van der Waals surface area contributed by atoms with E-state index in [1.54, 1.807) is 24.3 Å². The number of carbonyl (C=O) groups excluding carboxylic acids is 1. The summed E-state index contributed by atoms with van der Waals surface area (Å²) >= 11 is 0. The van der Waals surface area contributed by atoms with Gasteiger partial charge in [0.25, 0.3) is 12.5 Å². The highest BCUT2D eigenvalue weighted by molar-refractivity contribution is 5.89. The van der Waals surface area contributed by atoms with Gasteiger partial charge in [0.15, 0.2) is 0 Å². The SMILES string of the molecule is O=C(C[n+]1cc([O-])on1)Nc1ccc(Oc2ccccc2)cc1. The molecular formula is C16H13N3O4. The lowest BCUT2D eigenvalue weighted by molar-refractivity contribution is -0.750. The van der Waals surface area contributed by atoms with Gasteiger partial charge in [0, 0.05) is 5.69 Å². The van der Waals surface area contributed by atoms with Crippen molar-refractivity contribution in [1.82, 2.24) is 5.27 Å². The summed E-state index contributed by atoms with van der Waals surface area (Å²) in [5.74, 6) is 0.483. The summed E-state index contributed by atoms with van der Waals surface area (Å²) in [6.45, 7) is -0.103. The number of anilines is 1. The van der Waals surface area contributed by atoms with Gasteiger partial charge in [-0.3, -0.25) is 4.79 Å². The van der Waals surface area contributed by atoms with E-state index < -0.39 is 5.95 Å². The van der Waals surface area contributed by atoms with Gasteiger partial charge < -0.3 is 19.7 Å². The molecule has 0 unspecified atom stereocenters. The zero-order valence-electron chi connectivity index (χ0n) is 12.0. The van der Waals surface area contributed by atoms with Gasteiger partial charge in [-0.1, -0.05) is 22.9 Å². The molecule has 1 heterocycles. The Morgan fingerprint density at radius 1 is 1.13 bits per heavy atom. The molecule has 0 bridgehead atoms. The van der Waals surface area contributed by atoms with E-state index in [1.807, 2.05) is 30.3 Å². The number of nitrogens with zero attached hydrogens (tertiary/aromatic N) is 2. The largest absolute Gasteiger partial charge is 0.539 e. The van der Waals surface area contributed by atoms with Gasteiger partial charge in [-0.25, -0.2) is 0 Å². The molecule has 7 heteroatoms. The molecule has 23 heavy (non-hydrogen) atoms. The molecule has 0 spiro atoms. The summed E-state index contributed by atoms with van der Waals surface area (Å²) in [4.78, 5) is 11.8. The van der Waals surface area contributed by atoms with Gasteiger partial charge in [0.1, 0.15) is 17.4 Å². The Morgan fingerprint density at radius 2 is 1.83 bits per heavy atom. The molecule has 1 N–H and O–H groups in total. The number of carbonyl (C=O) groups is 1. The molecule has 7 nitrogen and oxygen atoms in total. The number of rotatable bonds is 5. The second-order valence-electron chi connectivity index (χ2n) is 4.71. The quantitative estimate of drug-likeness (QED) is 0.720. The highest BCUT2D eigenvalue weighted by Gasteiger charge is 2.12. The fraction of sp³-hybridized carbons (Fsp3) is 0.0625. The van der Waals surface area contributed by atoms with Crippen LogP contribution in [-0.2, 0) is 11.3 Å². The Bertz CT molecular complexity index is 785. The molecule has 0 aliphatic heterocycles. The molecule has 1 amide bonds. The molecule has 1 aromatic heterocycles. The van der Waals surface area contributed by atoms with E-state index >= 15 is 0 Å². The van der Waals surface area contributed by atoms with Gasteiger partial charge in [-0.05, 0) is 36.4 Å². The van der Waals surface area contributed by atoms with Crippen LogP contribution in [0.15, 0.2) is 65.3 Å². The molecule has 0 fully saturated rings. The zero-order chi connectivity index (χ0) is 16.1. The first-order valence-corrected chi connectivity index (χ1v) is 6.85. The van der Waals surface area contributed by atoms with Gasteiger partial charge in [-0.15, -0.1) is 0 Å². The Hall–Kier alpha value is -3.35. The number of hydrogen-bond acceptors (Lipinski definition) is 5. The summed E-state index contributed by atoms with van der Waals surface area (Å²) in [5.41, 5.74) is 0.613. The minimum absolute atomic E-state index is 0.103. The van der Waals surface area contributed by atoms with Crippen LogP contribution in [0.4, 0.5) is 5.69 Å². The molecule has 0 radical (unpaired) electrons. The van der Waals surface area contributed by atoms with E-state index in [-0.39, 0.29) is 12.5 Å². The zero-order valence-corrected chi connectivity index (χ0v) is 12.0. The van der Waals surface area contributed by atoms with Crippen molar-refractivity contribution in [3.05, 3.63) is 60.8 Å². The average Bonchev–Trinajstić information content (AvgIpc) is 2.95. The first-order chi connectivity index (χ1) is 11.2. The summed E-state index contributed by atoms with van der Waals surface area (Å²) < 4.78 is 11.1. The van der Waals surface area contributed by atoms with Crippen molar-refractivity contribution in [1.29, 1.82) is 0 Å². The molecule has 0 aliphatic rings. The second kappa shape index (κ2) is 6.61. The highest BCUT2D eigenvalue weighted by atomic mass is 16.6. The summed E-state index contributed by atoms with van der Waals surface area (Å²) in [6.07, 6.45) is 1.11. The predicted octanol–water partition coefficient (Wildman–Crippen LogP) is 1.47. The third kappa shape index (κ3) is 4.07. The number of benzene rings is 2. The molecule has 2 aromatic carbocycles. The van der Waals surface area contributed by atoms with Gasteiger partial charge in [-0.2, -0.15) is 0 Å².